The van der Waals surface area contributed by atoms with Gasteiger partial charge in [-0.15, -0.1) is 0 Å². The molecule has 0 fully saturated rings. The Morgan fingerprint density at radius 1 is 0.381 bits per heavy atom. The van der Waals surface area contributed by atoms with Crippen LogP contribution in [-0.4, -0.2) is 121 Å². The van der Waals surface area contributed by atoms with Crippen molar-refractivity contribution >= 4 is 136 Å². The van der Waals surface area contributed by atoms with Crippen LogP contribution >= 0.6 is 13.5 Å². The summed E-state index contributed by atoms with van der Waals surface area (Å²) in [4.78, 5) is 42.5. The summed E-state index contributed by atoms with van der Waals surface area (Å²) < 4.78 is 19.4. The Labute approximate surface area is 454 Å². The number of unbranched alkanes of at least 4 members (excludes halogenated alkanes) is 10. The molecule has 0 heterocycles. The molecular weight excluding hydrogens is 1100 g/mol. The van der Waals surface area contributed by atoms with Crippen LogP contribution in [0.4, 0.5) is 0 Å². The first-order chi connectivity index (χ1) is 28.5. The van der Waals surface area contributed by atoms with Crippen molar-refractivity contribution < 1.29 is 38.1 Å². The third-order valence-electron chi connectivity index (χ3n) is 7.93. The maximum atomic E-state index is 10.6. The van der Waals surface area contributed by atoms with Gasteiger partial charge in [-0.3, -0.25) is 19.2 Å². The van der Waals surface area contributed by atoms with Crippen LogP contribution in [-0.2, 0) is 88.6 Å². The first-order valence-electron chi connectivity index (χ1n) is 23.0. The van der Waals surface area contributed by atoms with Crippen molar-refractivity contribution in [3.8, 4) is 0 Å². The minimum Gasteiger partial charge on any atom is -0.782 e. The molecule has 0 bridgehead atoms. The Morgan fingerprint density at radius 3 is 0.651 bits per heavy atom. The van der Waals surface area contributed by atoms with Gasteiger partial charge in [-0.25, -0.2) is 0 Å². The monoisotopic (exact) mass is 1200 g/mol. The molecule has 0 aliphatic carbocycles. The molecule has 63 heavy (non-hydrogen) atoms. The van der Waals surface area contributed by atoms with Gasteiger partial charge in [0.25, 0.3) is 23.9 Å². The third-order valence-corrected chi connectivity index (χ3v) is 8.88. The van der Waals surface area contributed by atoms with E-state index in [0.29, 0.717) is 26.4 Å². The molecule has 0 aromatic heterocycles. The van der Waals surface area contributed by atoms with Crippen LogP contribution in [0.15, 0.2) is 0 Å². The smallest absolute Gasteiger partial charge is 0.782 e. The minimum atomic E-state index is -0.265. The zero-order valence-electron chi connectivity index (χ0n) is 41.9. The van der Waals surface area contributed by atoms with Crippen molar-refractivity contribution in [2.24, 2.45) is 23.7 Å². The molecular formula is C48H96O8S5Sn2. The molecule has 0 aliphatic rings. The van der Waals surface area contributed by atoms with E-state index in [4.69, 9.17) is 18.9 Å². The van der Waals surface area contributed by atoms with Gasteiger partial charge in [0.1, 0.15) is 0 Å². The molecule has 0 aromatic rings. The van der Waals surface area contributed by atoms with E-state index in [-0.39, 0.29) is 108 Å². The van der Waals surface area contributed by atoms with E-state index in [2.05, 4.69) is 134 Å². The summed E-state index contributed by atoms with van der Waals surface area (Å²) in [5.74, 6) is 2.34. The van der Waals surface area contributed by atoms with E-state index < -0.39 is 0 Å². The number of rotatable bonds is 30. The molecule has 0 unspecified atom stereocenters. The number of hydrogen-bond donors (Lipinski definition) is 0. The molecule has 374 valence electrons. The quantitative estimate of drug-likeness (QED) is 0.0225. The Morgan fingerprint density at radius 2 is 0.540 bits per heavy atom. The number of carbonyl (C=O) groups is 4. The van der Waals surface area contributed by atoms with E-state index >= 15 is 0 Å². The topological polar surface area (TPSA) is 105 Å². The fraction of sp³-hybridized carbons (Fsp3) is 0.875. The predicted octanol–water partition coefficient (Wildman–Crippen LogP) is 11.8. The fourth-order valence-corrected chi connectivity index (χ4v) is 4.57. The van der Waals surface area contributed by atoms with Crippen molar-refractivity contribution in [3.05, 3.63) is 13.8 Å². The molecule has 0 aromatic carbocycles. The summed E-state index contributed by atoms with van der Waals surface area (Å²) in [6.45, 7) is 31.3. The molecule has 0 saturated carbocycles. The van der Waals surface area contributed by atoms with E-state index in [0.717, 1.165) is 87.9 Å². The largest absolute Gasteiger partial charge is 2.00 e. The molecule has 0 saturated heterocycles. The van der Waals surface area contributed by atoms with Crippen LogP contribution in [0.3, 0.4) is 0 Å². The zero-order valence-corrected chi connectivity index (χ0v) is 51.9. The second-order valence-electron chi connectivity index (χ2n) is 16.1. The van der Waals surface area contributed by atoms with Crippen LogP contribution in [0.25, 0.3) is 0 Å². The molecule has 8 nitrogen and oxygen atoms in total. The van der Waals surface area contributed by atoms with Gasteiger partial charge in [0, 0.05) is 0 Å². The van der Waals surface area contributed by atoms with Crippen LogP contribution < -0.4 is 0 Å². The summed E-state index contributed by atoms with van der Waals surface area (Å²) in [5, 5.41) is 0. The Kier molecular flexibility index (Phi) is 99.9. The van der Waals surface area contributed by atoms with E-state index in [1.54, 1.807) is 0 Å². The Balaban J connectivity index is -0.0000000819. The average molecular weight is 1200 g/mol. The van der Waals surface area contributed by atoms with E-state index in [9.17, 15) is 19.2 Å². The van der Waals surface area contributed by atoms with Crippen LogP contribution in [0.1, 0.15) is 198 Å². The van der Waals surface area contributed by atoms with Gasteiger partial charge >= 0.3 is 47.8 Å². The van der Waals surface area contributed by atoms with Crippen LogP contribution in [0, 0.1) is 37.5 Å². The molecule has 0 spiro atoms. The van der Waals surface area contributed by atoms with Gasteiger partial charge in [-0.1, -0.05) is 209 Å². The molecule has 0 amide bonds. The maximum Gasteiger partial charge on any atom is 2.00 e. The predicted molar refractivity (Wildman–Crippen MR) is 288 cm³/mol. The second kappa shape index (κ2) is 74.8. The van der Waals surface area contributed by atoms with Gasteiger partial charge < -0.3 is 69.5 Å². The van der Waals surface area contributed by atoms with Crippen LogP contribution in [0.5, 0.6) is 0 Å². The Bertz CT molecular complexity index is 739. The standard InChI is InChI=1S/4C10H20O2S.2C4H9.H2S.2Sn/c4*1-9(2)6-4-3-5-7-12-10(11)8-13;2*1-3-4-2;;;/h4*9,13H,3-8H2,1-2H3;2*1,3-4H2,2H3;1H2;;/q;;;;;;;2*+2/p-4. The minimum absolute atomic E-state index is 0. The van der Waals surface area contributed by atoms with E-state index in [1.165, 1.54) is 64.2 Å². The molecule has 15 heteroatoms. The number of ether oxygens (including phenoxy) is 4. The molecule has 0 rings (SSSR count). The van der Waals surface area contributed by atoms with Gasteiger partial charge in [0.15, 0.2) is 0 Å². The summed E-state index contributed by atoms with van der Waals surface area (Å²) in [5.41, 5.74) is 0. The molecule has 6 radical (unpaired) electrons. The van der Waals surface area contributed by atoms with E-state index in [1.807, 2.05) is 0 Å². The summed E-state index contributed by atoms with van der Waals surface area (Å²) in [6.07, 6.45) is 22.9. The van der Waals surface area contributed by atoms with Gasteiger partial charge in [-0.05, 0) is 49.4 Å². The van der Waals surface area contributed by atoms with Gasteiger partial charge in [-0.2, -0.15) is 13.5 Å². The first kappa shape index (κ1) is 84.2. The van der Waals surface area contributed by atoms with Crippen molar-refractivity contribution in [3.63, 3.8) is 0 Å². The Hall–Kier alpha value is 1.23. The van der Waals surface area contributed by atoms with Gasteiger partial charge in [0.05, 0.1) is 26.4 Å². The summed E-state index contributed by atoms with van der Waals surface area (Å²) in [6, 6.07) is 0. The summed E-state index contributed by atoms with van der Waals surface area (Å²) >= 11 is 18.1. The fourth-order valence-electron chi connectivity index (χ4n) is 4.24. The van der Waals surface area contributed by atoms with Crippen LogP contribution in [0.2, 0.25) is 0 Å². The van der Waals surface area contributed by atoms with Crippen molar-refractivity contribution in [1.29, 1.82) is 0 Å². The summed E-state index contributed by atoms with van der Waals surface area (Å²) in [7, 11) is 0. The number of carbonyl (C=O) groups excluding carboxylic acids is 4. The second-order valence-corrected chi connectivity index (χ2v) is 17.3. The average Bonchev–Trinajstić information content (AvgIpc) is 3.22. The number of esters is 4. The normalized spacial score (nSPS) is 9.59. The van der Waals surface area contributed by atoms with Gasteiger partial charge in [0.2, 0.25) is 0 Å². The van der Waals surface area contributed by atoms with Crippen molar-refractivity contribution in [1.82, 2.24) is 0 Å². The SMILES string of the molecule is CC(C)CCCCCOC(=O)C[S-].CC(C)CCCCCOC(=O)C[S-].CC(C)CCCCCOC(=O)C[S-].CC(C)CCCCCOC(=O)C[S-].S.[CH2]CCC.[CH2]CCC.[Sn+2].[Sn+2]. The molecule has 0 atom stereocenters. The van der Waals surface area contributed by atoms with Crippen molar-refractivity contribution in [2.45, 2.75) is 198 Å². The first-order valence-corrected chi connectivity index (χ1v) is 25.3. The van der Waals surface area contributed by atoms with Crippen molar-refractivity contribution in [2.75, 3.05) is 49.4 Å². The molecule has 0 aliphatic heterocycles. The zero-order chi connectivity index (χ0) is 47.2. The number of hydrogen-bond acceptors (Lipinski definition) is 12. The maximum absolute atomic E-state index is 10.6. The third kappa shape index (κ3) is 106. The molecule has 0 N–H and O–H groups in total.